The number of carbonyl (C=O) groups excluding carboxylic acids is 1. The van der Waals surface area contributed by atoms with Crippen LogP contribution in [0.25, 0.3) is 0 Å². The van der Waals surface area contributed by atoms with Gasteiger partial charge >= 0.3 is 5.97 Å². The molecule has 0 heterocycles. The van der Waals surface area contributed by atoms with Crippen molar-refractivity contribution in [3.63, 3.8) is 0 Å². The van der Waals surface area contributed by atoms with Gasteiger partial charge in [0.15, 0.2) is 0 Å². The summed E-state index contributed by atoms with van der Waals surface area (Å²) in [5.41, 5.74) is -0.437. The Labute approximate surface area is 110 Å². The number of aliphatic hydroxyl groups is 1. The van der Waals surface area contributed by atoms with Gasteiger partial charge in [-0.25, -0.2) is 0 Å². The summed E-state index contributed by atoms with van der Waals surface area (Å²) in [5.74, 6) is -0.160. The van der Waals surface area contributed by atoms with Crippen LogP contribution >= 0.6 is 0 Å². The molecule has 106 valence electrons. The van der Waals surface area contributed by atoms with Gasteiger partial charge in [-0.3, -0.25) is 9.69 Å². The minimum Gasteiger partial charge on any atom is -0.459 e. The predicted octanol–water partition coefficient (Wildman–Crippen LogP) is 1.95. The van der Waals surface area contributed by atoms with E-state index in [1.165, 1.54) is 6.42 Å². The second-order valence-corrected chi connectivity index (χ2v) is 6.11. The molecule has 1 unspecified atom stereocenters. The summed E-state index contributed by atoms with van der Waals surface area (Å²) in [7, 11) is 0. The van der Waals surface area contributed by atoms with Gasteiger partial charge in [-0.2, -0.15) is 0 Å². The first kappa shape index (κ1) is 15.4. The van der Waals surface area contributed by atoms with E-state index >= 15 is 0 Å². The van der Waals surface area contributed by atoms with Crippen LogP contribution in [0.4, 0.5) is 0 Å². The molecule has 1 aliphatic rings. The standard InChI is InChI=1S/C14H27NO3/c1-11(13(17)18-14(2,3)4)15(9-6-10-16)12-7-5-8-12/h11-12,16H,5-10H2,1-4H3. The van der Waals surface area contributed by atoms with Gasteiger partial charge in [-0.1, -0.05) is 6.42 Å². The van der Waals surface area contributed by atoms with Gasteiger partial charge in [0.05, 0.1) is 0 Å². The van der Waals surface area contributed by atoms with Crippen molar-refractivity contribution >= 4 is 5.97 Å². The third-order valence-electron chi connectivity index (χ3n) is 3.36. The number of aliphatic hydroxyl groups excluding tert-OH is 1. The van der Waals surface area contributed by atoms with Crippen molar-refractivity contribution in [1.82, 2.24) is 4.90 Å². The number of hydrogen-bond acceptors (Lipinski definition) is 4. The highest BCUT2D eigenvalue weighted by molar-refractivity contribution is 5.75. The summed E-state index contributed by atoms with van der Waals surface area (Å²) in [5, 5.41) is 8.95. The topological polar surface area (TPSA) is 49.8 Å². The summed E-state index contributed by atoms with van der Waals surface area (Å²) in [6, 6.07) is 0.264. The van der Waals surface area contributed by atoms with Crippen LogP contribution in [-0.2, 0) is 9.53 Å². The van der Waals surface area contributed by atoms with Crippen molar-refractivity contribution in [2.75, 3.05) is 13.2 Å². The van der Waals surface area contributed by atoms with Gasteiger partial charge in [-0.15, -0.1) is 0 Å². The fraction of sp³-hybridized carbons (Fsp3) is 0.929. The van der Waals surface area contributed by atoms with E-state index in [2.05, 4.69) is 4.90 Å². The first-order valence-corrected chi connectivity index (χ1v) is 6.94. The summed E-state index contributed by atoms with van der Waals surface area (Å²) in [6.45, 7) is 8.51. The summed E-state index contributed by atoms with van der Waals surface area (Å²) in [4.78, 5) is 14.3. The Kier molecular flexibility index (Phi) is 5.60. The normalized spacial score (nSPS) is 18.6. The van der Waals surface area contributed by atoms with E-state index in [9.17, 15) is 4.79 Å². The van der Waals surface area contributed by atoms with E-state index in [0.717, 1.165) is 19.4 Å². The molecule has 1 N–H and O–H groups in total. The molecule has 0 aromatic carbocycles. The number of nitrogens with zero attached hydrogens (tertiary/aromatic N) is 1. The van der Waals surface area contributed by atoms with Gasteiger partial charge in [0.1, 0.15) is 11.6 Å². The van der Waals surface area contributed by atoms with Gasteiger partial charge in [0.25, 0.3) is 0 Å². The maximum absolute atomic E-state index is 12.1. The highest BCUT2D eigenvalue weighted by Crippen LogP contribution is 2.27. The van der Waals surface area contributed by atoms with Crippen molar-refractivity contribution in [3.05, 3.63) is 0 Å². The highest BCUT2D eigenvalue weighted by atomic mass is 16.6. The van der Waals surface area contributed by atoms with Crippen molar-refractivity contribution < 1.29 is 14.6 Å². The number of carbonyl (C=O) groups is 1. The lowest BCUT2D eigenvalue weighted by Gasteiger charge is -2.41. The molecule has 0 bridgehead atoms. The van der Waals surface area contributed by atoms with Crippen molar-refractivity contribution in [2.24, 2.45) is 0 Å². The zero-order valence-electron chi connectivity index (χ0n) is 12.1. The molecule has 0 saturated heterocycles. The Balaban J connectivity index is 2.57. The van der Waals surface area contributed by atoms with E-state index in [1.807, 2.05) is 27.7 Å². The van der Waals surface area contributed by atoms with Crippen LogP contribution in [0.1, 0.15) is 53.4 Å². The number of ether oxygens (including phenoxy) is 1. The SMILES string of the molecule is CC(C(=O)OC(C)(C)C)N(CCCO)C1CCC1. The summed E-state index contributed by atoms with van der Waals surface area (Å²) >= 11 is 0. The van der Waals surface area contributed by atoms with Crippen LogP contribution in [-0.4, -0.2) is 46.8 Å². The zero-order valence-corrected chi connectivity index (χ0v) is 12.1. The Bertz CT molecular complexity index is 269. The van der Waals surface area contributed by atoms with E-state index in [1.54, 1.807) is 0 Å². The van der Waals surface area contributed by atoms with Gasteiger partial charge in [0, 0.05) is 19.2 Å². The second kappa shape index (κ2) is 6.53. The minimum atomic E-state index is -0.437. The Morgan fingerprint density at radius 2 is 2.06 bits per heavy atom. The molecule has 0 radical (unpaired) electrons. The molecule has 0 spiro atoms. The van der Waals surface area contributed by atoms with Gasteiger partial charge in [-0.05, 0) is 47.0 Å². The monoisotopic (exact) mass is 257 g/mol. The van der Waals surface area contributed by atoms with Crippen LogP contribution in [0.5, 0.6) is 0 Å². The lowest BCUT2D eigenvalue weighted by molar-refractivity contribution is -0.162. The Hall–Kier alpha value is -0.610. The number of esters is 1. The van der Waals surface area contributed by atoms with Crippen molar-refractivity contribution in [3.8, 4) is 0 Å². The third-order valence-corrected chi connectivity index (χ3v) is 3.36. The summed E-state index contributed by atoms with van der Waals surface area (Å²) < 4.78 is 5.44. The molecule has 0 aromatic heterocycles. The molecular weight excluding hydrogens is 230 g/mol. The highest BCUT2D eigenvalue weighted by Gasteiger charge is 2.33. The maximum atomic E-state index is 12.1. The molecule has 1 atom stereocenters. The molecule has 0 aliphatic heterocycles. The first-order chi connectivity index (χ1) is 8.35. The number of rotatable bonds is 6. The molecule has 18 heavy (non-hydrogen) atoms. The fourth-order valence-corrected chi connectivity index (χ4v) is 2.19. The Morgan fingerprint density at radius 3 is 2.44 bits per heavy atom. The second-order valence-electron chi connectivity index (χ2n) is 6.11. The van der Waals surface area contributed by atoms with Gasteiger partial charge in [0.2, 0.25) is 0 Å². The van der Waals surface area contributed by atoms with E-state index in [0.29, 0.717) is 12.5 Å². The fourth-order valence-electron chi connectivity index (χ4n) is 2.19. The Morgan fingerprint density at radius 1 is 1.44 bits per heavy atom. The largest absolute Gasteiger partial charge is 0.459 e. The third kappa shape index (κ3) is 4.58. The molecule has 1 rings (SSSR count). The molecule has 0 amide bonds. The lowest BCUT2D eigenvalue weighted by atomic mass is 9.90. The molecular formula is C14H27NO3. The van der Waals surface area contributed by atoms with Crippen LogP contribution in [0.3, 0.4) is 0 Å². The van der Waals surface area contributed by atoms with E-state index in [-0.39, 0.29) is 18.6 Å². The minimum absolute atomic E-state index is 0.160. The van der Waals surface area contributed by atoms with Crippen molar-refractivity contribution in [1.29, 1.82) is 0 Å². The van der Waals surface area contributed by atoms with E-state index < -0.39 is 5.60 Å². The van der Waals surface area contributed by atoms with Crippen LogP contribution < -0.4 is 0 Å². The average Bonchev–Trinajstić information content (AvgIpc) is 2.17. The molecule has 1 fully saturated rings. The maximum Gasteiger partial charge on any atom is 0.323 e. The smallest absolute Gasteiger partial charge is 0.323 e. The van der Waals surface area contributed by atoms with Crippen LogP contribution in [0.15, 0.2) is 0 Å². The van der Waals surface area contributed by atoms with E-state index in [4.69, 9.17) is 9.84 Å². The van der Waals surface area contributed by atoms with Crippen molar-refractivity contribution in [2.45, 2.75) is 71.1 Å². The van der Waals surface area contributed by atoms with Gasteiger partial charge < -0.3 is 9.84 Å². The molecule has 0 aromatic rings. The molecule has 4 nitrogen and oxygen atoms in total. The molecule has 4 heteroatoms. The quantitative estimate of drug-likeness (QED) is 0.739. The zero-order chi connectivity index (χ0) is 13.8. The van der Waals surface area contributed by atoms with Crippen LogP contribution in [0, 0.1) is 0 Å². The molecule has 1 saturated carbocycles. The lowest BCUT2D eigenvalue weighted by Crippen LogP contribution is -2.50. The first-order valence-electron chi connectivity index (χ1n) is 6.94. The summed E-state index contributed by atoms with van der Waals surface area (Å²) in [6.07, 6.45) is 4.25. The van der Waals surface area contributed by atoms with Crippen LogP contribution in [0.2, 0.25) is 0 Å². The number of hydrogen-bond donors (Lipinski definition) is 1. The molecule has 1 aliphatic carbocycles. The average molecular weight is 257 g/mol. The predicted molar refractivity (Wildman–Crippen MR) is 71.4 cm³/mol.